The number of likely N-dealkylation sites (N-methyl/N-ethyl adjacent to an activating group) is 1. The van der Waals surface area contributed by atoms with Crippen LogP contribution >= 0.6 is 11.8 Å². The Bertz CT molecular complexity index is 221. The molecule has 0 aromatic rings. The minimum atomic E-state index is -0.769. The summed E-state index contributed by atoms with van der Waals surface area (Å²) in [6, 6.07) is 0. The lowest BCUT2D eigenvalue weighted by atomic mass is 9.96. The van der Waals surface area contributed by atoms with Gasteiger partial charge in [-0.2, -0.15) is 11.8 Å². The second-order valence-electron chi connectivity index (χ2n) is 3.86. The Morgan fingerprint density at radius 1 is 1.60 bits per heavy atom. The molecular weight excluding hydrogens is 214 g/mol. The number of thioether (sulfide) groups is 1. The van der Waals surface area contributed by atoms with Gasteiger partial charge in [0.15, 0.2) is 0 Å². The number of carboxylic acids is 1. The summed E-state index contributed by atoms with van der Waals surface area (Å²) in [5.74, 6) is 0.660. The summed E-state index contributed by atoms with van der Waals surface area (Å²) in [5.41, 5.74) is -0.769. The highest BCUT2D eigenvalue weighted by atomic mass is 32.2. The molecule has 1 fully saturated rings. The van der Waals surface area contributed by atoms with Crippen LogP contribution in [0.3, 0.4) is 0 Å². The lowest BCUT2D eigenvalue weighted by Gasteiger charge is -2.30. The number of carboxylic acid groups (broad SMARTS) is 1. The van der Waals surface area contributed by atoms with Crippen LogP contribution in [0, 0.1) is 5.92 Å². The van der Waals surface area contributed by atoms with Crippen LogP contribution in [0.1, 0.15) is 19.8 Å². The van der Waals surface area contributed by atoms with Crippen molar-refractivity contribution in [1.82, 2.24) is 5.32 Å². The highest BCUT2D eigenvalue weighted by Crippen LogP contribution is 2.41. The molecule has 0 radical (unpaired) electrons. The Hall–Kier alpha value is -0.260. The fourth-order valence-electron chi connectivity index (χ4n) is 1.81. The van der Waals surface area contributed by atoms with E-state index in [4.69, 9.17) is 5.11 Å². The van der Waals surface area contributed by atoms with Crippen LogP contribution in [0.15, 0.2) is 0 Å². The van der Waals surface area contributed by atoms with Crippen LogP contribution in [0.5, 0.6) is 0 Å². The fourth-order valence-corrected chi connectivity index (χ4v) is 2.87. The SMILES string of the molecule is CCNC(CSCCO)(C(=O)O)C1CC1. The van der Waals surface area contributed by atoms with Crippen LogP contribution in [0.2, 0.25) is 0 Å². The summed E-state index contributed by atoms with van der Waals surface area (Å²) in [5, 5.41) is 21.1. The van der Waals surface area contributed by atoms with Gasteiger partial charge in [-0.15, -0.1) is 0 Å². The number of rotatable bonds is 8. The fraction of sp³-hybridized carbons (Fsp3) is 0.900. The molecule has 5 heteroatoms. The van der Waals surface area contributed by atoms with Crippen LogP contribution in [0.25, 0.3) is 0 Å². The molecule has 1 rings (SSSR count). The molecule has 1 atom stereocenters. The largest absolute Gasteiger partial charge is 0.480 e. The van der Waals surface area contributed by atoms with E-state index in [9.17, 15) is 9.90 Å². The van der Waals surface area contributed by atoms with Crippen LogP contribution < -0.4 is 5.32 Å². The van der Waals surface area contributed by atoms with Gasteiger partial charge in [-0.1, -0.05) is 6.92 Å². The van der Waals surface area contributed by atoms with Gasteiger partial charge in [0.2, 0.25) is 0 Å². The Balaban J connectivity index is 2.59. The van der Waals surface area contributed by atoms with Crippen molar-refractivity contribution < 1.29 is 15.0 Å². The quantitative estimate of drug-likeness (QED) is 0.534. The van der Waals surface area contributed by atoms with E-state index in [1.54, 1.807) is 0 Å². The van der Waals surface area contributed by atoms with Gasteiger partial charge in [-0.25, -0.2) is 0 Å². The molecule has 0 amide bonds. The molecule has 3 N–H and O–H groups in total. The van der Waals surface area contributed by atoms with Gasteiger partial charge in [0.25, 0.3) is 0 Å². The molecule has 1 aliphatic rings. The van der Waals surface area contributed by atoms with Crippen molar-refractivity contribution >= 4 is 17.7 Å². The van der Waals surface area contributed by atoms with Gasteiger partial charge in [-0.05, 0) is 25.3 Å². The number of aliphatic hydroxyl groups is 1. The zero-order chi connectivity index (χ0) is 11.3. The molecule has 1 aliphatic carbocycles. The zero-order valence-electron chi connectivity index (χ0n) is 9.03. The topological polar surface area (TPSA) is 69.6 Å². The summed E-state index contributed by atoms with van der Waals surface area (Å²) in [7, 11) is 0. The average Bonchev–Trinajstić information content (AvgIpc) is 3.00. The van der Waals surface area contributed by atoms with Crippen molar-refractivity contribution in [3.8, 4) is 0 Å². The van der Waals surface area contributed by atoms with Gasteiger partial charge in [-0.3, -0.25) is 4.79 Å². The minimum absolute atomic E-state index is 0.108. The first-order valence-corrected chi connectivity index (χ1v) is 6.50. The standard InChI is InChI=1S/C10H19NO3S/c1-2-11-10(9(13)14,8-3-4-8)7-15-6-5-12/h8,11-12H,2-7H2,1H3,(H,13,14). The lowest BCUT2D eigenvalue weighted by Crippen LogP contribution is -2.56. The Morgan fingerprint density at radius 2 is 2.27 bits per heavy atom. The first-order valence-electron chi connectivity index (χ1n) is 5.34. The zero-order valence-corrected chi connectivity index (χ0v) is 9.85. The molecule has 0 spiro atoms. The van der Waals surface area contributed by atoms with Crippen LogP contribution in [0.4, 0.5) is 0 Å². The van der Waals surface area contributed by atoms with Gasteiger partial charge < -0.3 is 15.5 Å². The molecule has 0 aromatic heterocycles. The van der Waals surface area contributed by atoms with E-state index >= 15 is 0 Å². The maximum Gasteiger partial charge on any atom is 0.325 e. The van der Waals surface area contributed by atoms with E-state index in [-0.39, 0.29) is 12.5 Å². The molecular formula is C10H19NO3S. The predicted octanol–water partition coefficient (Wildman–Crippen LogP) is 0.555. The summed E-state index contributed by atoms with van der Waals surface area (Å²) in [6.07, 6.45) is 2.00. The highest BCUT2D eigenvalue weighted by molar-refractivity contribution is 7.99. The molecule has 88 valence electrons. The average molecular weight is 233 g/mol. The first kappa shape index (κ1) is 12.8. The highest BCUT2D eigenvalue weighted by Gasteiger charge is 2.50. The molecule has 15 heavy (non-hydrogen) atoms. The van der Waals surface area contributed by atoms with Gasteiger partial charge >= 0.3 is 5.97 Å². The van der Waals surface area contributed by atoms with Crippen LogP contribution in [-0.2, 0) is 4.79 Å². The maximum atomic E-state index is 11.3. The lowest BCUT2D eigenvalue weighted by molar-refractivity contribution is -0.144. The monoisotopic (exact) mass is 233 g/mol. The Kier molecular flexibility index (Phi) is 4.89. The first-order chi connectivity index (χ1) is 7.17. The third-order valence-electron chi connectivity index (χ3n) is 2.71. The third kappa shape index (κ3) is 3.09. The maximum absolute atomic E-state index is 11.3. The normalized spacial score (nSPS) is 19.9. The van der Waals surface area contributed by atoms with E-state index in [1.165, 1.54) is 11.8 Å². The molecule has 0 aromatic carbocycles. The number of carbonyl (C=O) groups is 1. The second kappa shape index (κ2) is 5.72. The van der Waals surface area contributed by atoms with E-state index in [1.807, 2.05) is 6.92 Å². The Labute approximate surface area is 94.4 Å². The summed E-state index contributed by atoms with van der Waals surface area (Å²) >= 11 is 1.50. The third-order valence-corrected chi connectivity index (χ3v) is 3.84. The molecule has 1 unspecified atom stereocenters. The number of aliphatic hydroxyl groups excluding tert-OH is 1. The summed E-state index contributed by atoms with van der Waals surface area (Å²) in [6.45, 7) is 2.70. The molecule has 0 aliphatic heterocycles. The summed E-state index contributed by atoms with van der Waals surface area (Å²) < 4.78 is 0. The smallest absolute Gasteiger partial charge is 0.325 e. The molecule has 1 saturated carbocycles. The summed E-state index contributed by atoms with van der Waals surface area (Å²) in [4.78, 5) is 11.3. The minimum Gasteiger partial charge on any atom is -0.480 e. The van der Waals surface area contributed by atoms with Crippen molar-refractivity contribution in [3.63, 3.8) is 0 Å². The predicted molar refractivity (Wildman–Crippen MR) is 61.2 cm³/mol. The number of hydrogen-bond acceptors (Lipinski definition) is 4. The number of nitrogens with one attached hydrogen (secondary N) is 1. The molecule has 0 bridgehead atoms. The number of aliphatic carboxylic acids is 1. The second-order valence-corrected chi connectivity index (χ2v) is 4.96. The van der Waals surface area contributed by atoms with E-state index < -0.39 is 11.5 Å². The van der Waals surface area contributed by atoms with Crippen molar-refractivity contribution in [2.45, 2.75) is 25.3 Å². The van der Waals surface area contributed by atoms with Crippen LogP contribution in [-0.4, -0.2) is 46.4 Å². The van der Waals surface area contributed by atoms with Gasteiger partial charge in [0.1, 0.15) is 5.54 Å². The molecule has 0 heterocycles. The van der Waals surface area contributed by atoms with Crippen molar-refractivity contribution in [2.75, 3.05) is 24.7 Å². The van der Waals surface area contributed by atoms with Gasteiger partial charge in [0.05, 0.1) is 6.61 Å². The van der Waals surface area contributed by atoms with Crippen molar-refractivity contribution in [3.05, 3.63) is 0 Å². The number of hydrogen-bond donors (Lipinski definition) is 3. The van der Waals surface area contributed by atoms with Gasteiger partial charge in [0, 0.05) is 11.5 Å². The van der Waals surface area contributed by atoms with E-state index in [2.05, 4.69) is 5.32 Å². The molecule has 0 saturated heterocycles. The van der Waals surface area contributed by atoms with Crippen molar-refractivity contribution in [2.24, 2.45) is 5.92 Å². The Morgan fingerprint density at radius 3 is 2.67 bits per heavy atom. The van der Waals surface area contributed by atoms with E-state index in [0.29, 0.717) is 18.1 Å². The van der Waals surface area contributed by atoms with E-state index in [0.717, 1.165) is 12.8 Å². The van der Waals surface area contributed by atoms with Crippen molar-refractivity contribution in [1.29, 1.82) is 0 Å². The molecule has 4 nitrogen and oxygen atoms in total.